The molecule has 160 valence electrons. The summed E-state index contributed by atoms with van der Waals surface area (Å²) in [5.41, 5.74) is 1.05. The van der Waals surface area contributed by atoms with Gasteiger partial charge in [0.1, 0.15) is 5.76 Å². The molecule has 7 nitrogen and oxygen atoms in total. The topological polar surface area (TPSA) is 71.9 Å². The fourth-order valence-corrected chi connectivity index (χ4v) is 3.11. The van der Waals surface area contributed by atoms with E-state index in [0.717, 1.165) is 25.2 Å². The zero-order chi connectivity index (χ0) is 21.4. The van der Waals surface area contributed by atoms with Crippen LogP contribution in [0.4, 0.5) is 0 Å². The highest BCUT2D eigenvalue weighted by molar-refractivity contribution is 5.91. The number of carbonyl (C=O) groups is 2. The van der Waals surface area contributed by atoms with Crippen LogP contribution in [0.2, 0.25) is 0 Å². The Balaban J connectivity index is 2.02. The number of likely N-dealkylation sites (N-methyl/N-ethyl adjacent to an activating group) is 1. The lowest BCUT2D eigenvalue weighted by molar-refractivity contribution is -0.856. The van der Waals surface area contributed by atoms with E-state index in [4.69, 9.17) is 4.42 Å². The molecule has 2 rings (SSSR count). The lowest BCUT2D eigenvalue weighted by Gasteiger charge is -2.24. The molecule has 0 fully saturated rings. The molecule has 0 saturated carbocycles. The molecule has 7 heteroatoms. The van der Waals surface area contributed by atoms with Crippen molar-refractivity contribution in [3.8, 4) is 0 Å². The van der Waals surface area contributed by atoms with Crippen molar-refractivity contribution in [2.24, 2.45) is 5.92 Å². The molecule has 0 saturated heterocycles. The first-order valence-corrected chi connectivity index (χ1v) is 10.4. The Morgan fingerprint density at radius 1 is 1.24 bits per heavy atom. The third-order valence-corrected chi connectivity index (χ3v) is 4.70. The molecule has 2 amide bonds. The highest BCUT2D eigenvalue weighted by atomic mass is 16.4. The molecule has 0 aliphatic heterocycles. The summed E-state index contributed by atoms with van der Waals surface area (Å²) in [4.78, 5) is 27.9. The molecule has 0 aliphatic carbocycles. The summed E-state index contributed by atoms with van der Waals surface area (Å²) in [6.07, 6.45) is 2.90. The molecule has 0 aliphatic rings. The Morgan fingerprint density at radius 2 is 2.00 bits per heavy atom. The molecule has 0 unspecified atom stereocenters. The van der Waals surface area contributed by atoms with E-state index in [0.29, 0.717) is 31.2 Å². The first kappa shape index (κ1) is 22.7. The first-order valence-electron chi connectivity index (χ1n) is 10.4. The van der Waals surface area contributed by atoms with Crippen LogP contribution in [0.15, 0.2) is 34.9 Å². The normalized spacial score (nSPS) is 11.3. The van der Waals surface area contributed by atoms with Crippen molar-refractivity contribution in [3.63, 3.8) is 0 Å². The summed E-state index contributed by atoms with van der Waals surface area (Å²) in [6.45, 7) is 9.23. The summed E-state index contributed by atoms with van der Waals surface area (Å²) in [6, 6.07) is 7.54. The lowest BCUT2D eigenvalue weighted by Crippen LogP contribution is -3.06. The minimum atomic E-state index is -0.193. The number of amides is 2. The molecule has 0 bridgehead atoms. The average Bonchev–Trinajstić information content (AvgIpc) is 3.30. The minimum absolute atomic E-state index is 0.0230. The van der Waals surface area contributed by atoms with E-state index in [1.54, 1.807) is 6.07 Å². The number of hydrogen-bond acceptors (Lipinski definition) is 3. The van der Waals surface area contributed by atoms with E-state index in [9.17, 15) is 9.59 Å². The van der Waals surface area contributed by atoms with Crippen LogP contribution >= 0.6 is 0 Å². The third kappa shape index (κ3) is 6.78. The number of carbonyl (C=O) groups excluding carboxylic acids is 2. The van der Waals surface area contributed by atoms with E-state index < -0.39 is 0 Å². The van der Waals surface area contributed by atoms with Gasteiger partial charge in [0.25, 0.3) is 5.91 Å². The molecule has 2 N–H and O–H groups in total. The number of hydrogen-bond donors (Lipinski definition) is 2. The van der Waals surface area contributed by atoms with Crippen molar-refractivity contribution >= 4 is 11.8 Å². The minimum Gasteiger partial charge on any atom is -0.454 e. The molecule has 2 heterocycles. The maximum Gasteiger partial charge on any atom is 0.287 e. The fraction of sp³-hybridized carbons (Fsp3) is 0.545. The third-order valence-electron chi connectivity index (χ3n) is 4.70. The van der Waals surface area contributed by atoms with Crippen LogP contribution in [0.25, 0.3) is 0 Å². The van der Waals surface area contributed by atoms with Gasteiger partial charge in [-0.1, -0.05) is 20.8 Å². The van der Waals surface area contributed by atoms with Crippen molar-refractivity contribution in [1.29, 1.82) is 0 Å². The first-order chi connectivity index (χ1) is 13.8. The van der Waals surface area contributed by atoms with Crippen molar-refractivity contribution in [2.75, 3.05) is 33.7 Å². The van der Waals surface area contributed by atoms with Gasteiger partial charge in [-0.05, 0) is 30.7 Å². The summed E-state index contributed by atoms with van der Waals surface area (Å²) in [5.74, 6) is 0.983. The second-order valence-electron chi connectivity index (χ2n) is 8.02. The van der Waals surface area contributed by atoms with Crippen LogP contribution in [0.5, 0.6) is 0 Å². The van der Waals surface area contributed by atoms with Gasteiger partial charge in [0, 0.05) is 24.4 Å². The zero-order valence-electron chi connectivity index (χ0n) is 18.3. The van der Waals surface area contributed by atoms with E-state index in [1.165, 1.54) is 4.90 Å². The summed E-state index contributed by atoms with van der Waals surface area (Å²) in [7, 11) is 4.09. The van der Waals surface area contributed by atoms with Crippen LogP contribution in [0.1, 0.15) is 49.2 Å². The number of nitrogens with zero attached hydrogens (tertiary/aromatic N) is 2. The molecule has 0 radical (unpaired) electrons. The number of rotatable bonds is 11. The van der Waals surface area contributed by atoms with Gasteiger partial charge in [-0.3, -0.25) is 9.59 Å². The van der Waals surface area contributed by atoms with Crippen molar-refractivity contribution in [2.45, 2.75) is 40.3 Å². The van der Waals surface area contributed by atoms with Crippen LogP contribution in [-0.4, -0.2) is 55.0 Å². The number of aromatic nitrogens is 1. The van der Waals surface area contributed by atoms with E-state index in [-0.39, 0.29) is 17.7 Å². The molecule has 0 atom stereocenters. The number of furan rings is 1. The van der Waals surface area contributed by atoms with Gasteiger partial charge in [-0.25, -0.2) is 0 Å². The van der Waals surface area contributed by atoms with Crippen LogP contribution in [0.3, 0.4) is 0 Å². The Hall–Kier alpha value is -2.54. The Bertz CT molecular complexity index is 792. The van der Waals surface area contributed by atoms with E-state index >= 15 is 0 Å². The second kappa shape index (κ2) is 10.9. The summed E-state index contributed by atoms with van der Waals surface area (Å²) >= 11 is 0. The van der Waals surface area contributed by atoms with Crippen LogP contribution in [0, 0.1) is 5.92 Å². The SMILES string of the molecule is CCCN(Cc1cccn1Cc1ccc(C(=O)NCC[NH+](C)C)o1)C(=O)C(C)C. The molecule has 2 aromatic rings. The van der Waals surface area contributed by atoms with Crippen molar-refractivity contribution in [3.05, 3.63) is 47.7 Å². The monoisotopic (exact) mass is 403 g/mol. The lowest BCUT2D eigenvalue weighted by atomic mass is 10.2. The molecular formula is C22H35N4O3+. The molecule has 29 heavy (non-hydrogen) atoms. The summed E-state index contributed by atoms with van der Waals surface area (Å²) < 4.78 is 7.81. The Morgan fingerprint density at radius 3 is 2.66 bits per heavy atom. The van der Waals surface area contributed by atoms with Gasteiger partial charge in [0.15, 0.2) is 5.76 Å². The van der Waals surface area contributed by atoms with Gasteiger partial charge in [0.05, 0.1) is 40.3 Å². The van der Waals surface area contributed by atoms with E-state index in [1.807, 2.05) is 57.2 Å². The maximum absolute atomic E-state index is 12.5. The second-order valence-corrected chi connectivity index (χ2v) is 8.02. The standard InChI is InChI=1S/C22H34N4O3/c1-6-12-26(22(28)17(2)3)15-18-8-7-13-25(18)16-19-9-10-20(29-19)21(27)23-11-14-24(4)5/h7-10,13,17H,6,11-12,14-16H2,1-5H3,(H,23,27)/p+1. The largest absolute Gasteiger partial charge is 0.454 e. The maximum atomic E-state index is 12.5. The predicted molar refractivity (Wildman–Crippen MR) is 113 cm³/mol. The van der Waals surface area contributed by atoms with Gasteiger partial charge in [0.2, 0.25) is 5.91 Å². The Labute approximate surface area is 173 Å². The van der Waals surface area contributed by atoms with Crippen molar-refractivity contribution in [1.82, 2.24) is 14.8 Å². The smallest absolute Gasteiger partial charge is 0.287 e. The predicted octanol–water partition coefficient (Wildman–Crippen LogP) is 1.40. The molecule has 0 aromatic carbocycles. The highest BCUT2D eigenvalue weighted by Crippen LogP contribution is 2.15. The van der Waals surface area contributed by atoms with E-state index in [2.05, 4.69) is 16.8 Å². The van der Waals surface area contributed by atoms with Gasteiger partial charge in [-0.2, -0.15) is 0 Å². The van der Waals surface area contributed by atoms with Gasteiger partial charge >= 0.3 is 0 Å². The quantitative estimate of drug-likeness (QED) is 0.596. The summed E-state index contributed by atoms with van der Waals surface area (Å²) in [5, 5.41) is 2.87. The molecular weight excluding hydrogens is 368 g/mol. The Kier molecular flexibility index (Phi) is 8.51. The molecule has 2 aromatic heterocycles. The number of nitrogens with one attached hydrogen (secondary N) is 2. The average molecular weight is 404 g/mol. The zero-order valence-corrected chi connectivity index (χ0v) is 18.3. The highest BCUT2D eigenvalue weighted by Gasteiger charge is 2.18. The van der Waals surface area contributed by atoms with Gasteiger partial charge in [-0.15, -0.1) is 0 Å². The molecule has 0 spiro atoms. The van der Waals surface area contributed by atoms with Gasteiger partial charge < -0.3 is 24.1 Å². The fourth-order valence-electron chi connectivity index (χ4n) is 3.11. The van der Waals surface area contributed by atoms with Crippen LogP contribution in [-0.2, 0) is 17.9 Å². The number of quaternary nitrogens is 1. The van der Waals surface area contributed by atoms with Crippen LogP contribution < -0.4 is 10.2 Å². The van der Waals surface area contributed by atoms with Crippen molar-refractivity contribution < 1.29 is 18.9 Å².